The molecule has 2 aromatic carbocycles. The second-order valence-corrected chi connectivity index (χ2v) is 10.0. The van der Waals surface area contributed by atoms with Crippen LogP contribution in [0, 0.1) is 5.82 Å². The van der Waals surface area contributed by atoms with E-state index in [1.807, 2.05) is 0 Å². The highest BCUT2D eigenvalue weighted by Gasteiger charge is 2.20. The average Bonchev–Trinajstić information content (AvgIpc) is 3.41. The Morgan fingerprint density at radius 2 is 1.84 bits per heavy atom. The number of sulfonamides is 1. The molecular formula is C25H18ClFN4O6S. The van der Waals surface area contributed by atoms with E-state index in [-0.39, 0.29) is 45.6 Å². The highest BCUT2D eigenvalue weighted by molar-refractivity contribution is 7.92. The Morgan fingerprint density at radius 3 is 2.55 bits per heavy atom. The van der Waals surface area contributed by atoms with E-state index in [0.29, 0.717) is 16.5 Å². The Morgan fingerprint density at radius 1 is 1.05 bits per heavy atom. The zero-order valence-electron chi connectivity index (χ0n) is 19.6. The molecule has 0 saturated carbocycles. The first-order valence-electron chi connectivity index (χ1n) is 11.0. The molecule has 0 aliphatic heterocycles. The van der Waals surface area contributed by atoms with E-state index in [1.54, 1.807) is 12.1 Å². The van der Waals surface area contributed by atoms with Gasteiger partial charge in [-0.1, -0.05) is 28.9 Å². The van der Waals surface area contributed by atoms with E-state index in [2.05, 4.69) is 19.4 Å². The summed E-state index contributed by atoms with van der Waals surface area (Å²) in [6.07, 6.45) is 1.24. The number of hydrogen-bond acceptors (Lipinski definition) is 8. The molecule has 0 bridgehead atoms. The molecule has 0 unspecified atom stereocenters. The maximum absolute atomic E-state index is 13.2. The highest BCUT2D eigenvalue weighted by atomic mass is 35.5. The molecule has 0 amide bonds. The number of anilines is 1. The maximum Gasteiger partial charge on any atom is 0.263 e. The van der Waals surface area contributed by atoms with Gasteiger partial charge in [-0.3, -0.25) is 14.1 Å². The van der Waals surface area contributed by atoms with Gasteiger partial charge in [0.2, 0.25) is 11.8 Å². The van der Waals surface area contributed by atoms with Crippen LogP contribution in [0.1, 0.15) is 5.56 Å². The molecule has 0 atom stereocenters. The van der Waals surface area contributed by atoms with E-state index >= 15 is 0 Å². The summed E-state index contributed by atoms with van der Waals surface area (Å²) in [5.41, 5.74) is 0.874. The standard InChI is InChI=1S/C25H18ClFN4O6S/c1-35-25-21(13-19(26)24(28-25)36-14-15-2-5-17(27)6-3-15)31-20-8-7-18(12-16(20)4-9-23(31)32)38(33,34)30-22-10-11-37-29-22/h2-13H,14H2,1H3,(H,29,30). The third kappa shape index (κ3) is 5.04. The summed E-state index contributed by atoms with van der Waals surface area (Å²) in [6, 6.07) is 15.6. The van der Waals surface area contributed by atoms with Gasteiger partial charge in [0.05, 0.1) is 17.5 Å². The topological polar surface area (TPSA) is 126 Å². The highest BCUT2D eigenvalue weighted by Crippen LogP contribution is 2.33. The molecule has 13 heteroatoms. The lowest BCUT2D eigenvalue weighted by atomic mass is 10.2. The number of hydrogen-bond donors (Lipinski definition) is 1. The second kappa shape index (κ2) is 10.1. The summed E-state index contributed by atoms with van der Waals surface area (Å²) < 4.78 is 58.1. The number of pyridine rings is 2. The molecule has 3 aromatic heterocycles. The van der Waals surface area contributed by atoms with Gasteiger partial charge in [0, 0.05) is 17.5 Å². The summed E-state index contributed by atoms with van der Waals surface area (Å²) >= 11 is 6.44. The van der Waals surface area contributed by atoms with E-state index in [0.717, 1.165) is 0 Å². The molecule has 5 rings (SSSR count). The Balaban J connectivity index is 1.52. The fourth-order valence-corrected chi connectivity index (χ4v) is 4.92. The zero-order chi connectivity index (χ0) is 26.9. The Hall–Kier alpha value is -4.42. The number of benzene rings is 2. The van der Waals surface area contributed by atoms with Gasteiger partial charge in [-0.05, 0) is 48.0 Å². The van der Waals surface area contributed by atoms with Crippen LogP contribution in [-0.2, 0) is 16.6 Å². The predicted octanol–water partition coefficient (Wildman–Crippen LogP) is 4.55. The van der Waals surface area contributed by atoms with Gasteiger partial charge in [-0.25, -0.2) is 12.8 Å². The van der Waals surface area contributed by atoms with E-state index in [1.165, 1.54) is 72.5 Å². The maximum atomic E-state index is 13.2. The molecule has 0 aliphatic carbocycles. The van der Waals surface area contributed by atoms with E-state index in [9.17, 15) is 17.6 Å². The number of nitrogens with one attached hydrogen (secondary N) is 1. The number of ether oxygens (including phenoxy) is 2. The molecule has 3 heterocycles. The number of fused-ring (bicyclic) bond motifs is 1. The summed E-state index contributed by atoms with van der Waals surface area (Å²) in [4.78, 5) is 17.2. The predicted molar refractivity (Wildman–Crippen MR) is 137 cm³/mol. The fourth-order valence-electron chi connectivity index (χ4n) is 3.69. The number of halogens is 2. The largest absolute Gasteiger partial charge is 0.479 e. The molecule has 38 heavy (non-hydrogen) atoms. The third-order valence-corrected chi connectivity index (χ3v) is 7.09. The molecular weight excluding hydrogens is 539 g/mol. The van der Waals surface area contributed by atoms with Gasteiger partial charge in [-0.15, -0.1) is 0 Å². The van der Waals surface area contributed by atoms with Gasteiger partial charge in [0.1, 0.15) is 29.4 Å². The molecule has 0 aliphatic rings. The van der Waals surface area contributed by atoms with Crippen LogP contribution in [0.25, 0.3) is 16.6 Å². The number of aromatic nitrogens is 3. The van der Waals surface area contributed by atoms with Crippen molar-refractivity contribution in [1.29, 1.82) is 0 Å². The molecule has 1 N–H and O–H groups in total. The van der Waals surface area contributed by atoms with Gasteiger partial charge in [0.15, 0.2) is 5.82 Å². The minimum atomic E-state index is -3.97. The number of nitrogens with zero attached hydrogens (tertiary/aromatic N) is 3. The Bertz CT molecular complexity index is 1790. The lowest BCUT2D eigenvalue weighted by molar-refractivity contribution is 0.287. The van der Waals surface area contributed by atoms with Gasteiger partial charge < -0.3 is 14.0 Å². The quantitative estimate of drug-likeness (QED) is 0.295. The van der Waals surface area contributed by atoms with Crippen LogP contribution < -0.4 is 19.8 Å². The lowest BCUT2D eigenvalue weighted by Gasteiger charge is -2.16. The normalized spacial score (nSPS) is 11.4. The van der Waals surface area contributed by atoms with Crippen molar-refractivity contribution in [2.75, 3.05) is 11.8 Å². The molecule has 5 aromatic rings. The Labute approximate surface area is 220 Å². The van der Waals surface area contributed by atoms with Crippen molar-refractivity contribution in [3.05, 3.63) is 99.8 Å². The van der Waals surface area contributed by atoms with Crippen LogP contribution in [0.3, 0.4) is 0 Å². The third-order valence-electron chi connectivity index (χ3n) is 5.47. The first kappa shape index (κ1) is 25.2. The van der Waals surface area contributed by atoms with Crippen LogP contribution in [0.15, 0.2) is 87.2 Å². The van der Waals surface area contributed by atoms with Crippen LogP contribution in [0.5, 0.6) is 11.8 Å². The van der Waals surface area contributed by atoms with Crippen molar-refractivity contribution >= 4 is 38.3 Å². The second-order valence-electron chi connectivity index (χ2n) is 7.94. The van der Waals surface area contributed by atoms with Crippen LogP contribution in [-0.4, -0.2) is 30.2 Å². The van der Waals surface area contributed by atoms with Crippen molar-refractivity contribution in [2.24, 2.45) is 0 Å². The SMILES string of the molecule is COc1nc(OCc2ccc(F)cc2)c(Cl)cc1-n1c(=O)ccc2cc(S(=O)(=O)Nc3ccon3)ccc21. The minimum absolute atomic E-state index is 0.0299. The monoisotopic (exact) mass is 556 g/mol. The smallest absolute Gasteiger partial charge is 0.263 e. The summed E-state index contributed by atoms with van der Waals surface area (Å²) in [6.45, 7) is 0.0728. The van der Waals surface area contributed by atoms with Gasteiger partial charge in [0.25, 0.3) is 15.6 Å². The average molecular weight is 557 g/mol. The van der Waals surface area contributed by atoms with E-state index < -0.39 is 15.6 Å². The molecule has 0 spiro atoms. The van der Waals surface area contributed by atoms with Crippen molar-refractivity contribution in [2.45, 2.75) is 11.5 Å². The molecule has 0 saturated heterocycles. The first-order valence-corrected chi connectivity index (χ1v) is 12.8. The van der Waals surface area contributed by atoms with Gasteiger partial charge >= 0.3 is 0 Å². The van der Waals surface area contributed by atoms with Crippen molar-refractivity contribution in [3.8, 4) is 17.4 Å². The zero-order valence-corrected chi connectivity index (χ0v) is 21.2. The molecule has 0 radical (unpaired) electrons. The van der Waals surface area contributed by atoms with Crippen molar-refractivity contribution in [1.82, 2.24) is 14.7 Å². The summed E-state index contributed by atoms with van der Waals surface area (Å²) in [7, 11) is -2.60. The van der Waals surface area contributed by atoms with E-state index in [4.69, 9.17) is 21.1 Å². The van der Waals surface area contributed by atoms with Crippen molar-refractivity contribution in [3.63, 3.8) is 0 Å². The molecule has 194 valence electrons. The summed E-state index contributed by atoms with van der Waals surface area (Å²) in [5, 5.41) is 4.10. The minimum Gasteiger partial charge on any atom is -0.479 e. The van der Waals surface area contributed by atoms with Gasteiger partial charge in [-0.2, -0.15) is 4.98 Å². The Kier molecular flexibility index (Phi) is 6.74. The van der Waals surface area contributed by atoms with Crippen LogP contribution in [0.4, 0.5) is 10.2 Å². The van der Waals surface area contributed by atoms with Crippen LogP contribution in [0.2, 0.25) is 5.02 Å². The fraction of sp³-hybridized carbons (Fsp3) is 0.0800. The summed E-state index contributed by atoms with van der Waals surface area (Å²) in [5.74, 6) is -0.241. The lowest BCUT2D eigenvalue weighted by Crippen LogP contribution is -2.19. The number of rotatable bonds is 8. The number of methoxy groups -OCH3 is 1. The first-order chi connectivity index (χ1) is 18.2. The van der Waals surface area contributed by atoms with Crippen molar-refractivity contribution < 1.29 is 26.8 Å². The molecule has 10 nitrogen and oxygen atoms in total. The molecule has 0 fully saturated rings. The van der Waals surface area contributed by atoms with Crippen LogP contribution >= 0.6 is 11.6 Å².